The molecule has 0 spiro atoms. The molecular formula is C14H17NO4S. The minimum atomic E-state index is -3.54. The molecule has 0 amide bonds. The van der Waals surface area contributed by atoms with Gasteiger partial charge in [-0.1, -0.05) is 17.9 Å². The van der Waals surface area contributed by atoms with Crippen molar-refractivity contribution in [3.05, 3.63) is 29.8 Å². The van der Waals surface area contributed by atoms with Crippen molar-refractivity contribution in [2.45, 2.75) is 23.8 Å². The second kappa shape index (κ2) is 6.37. The minimum absolute atomic E-state index is 0.193. The van der Waals surface area contributed by atoms with Gasteiger partial charge in [-0.05, 0) is 31.0 Å². The van der Waals surface area contributed by atoms with Gasteiger partial charge >= 0.3 is 0 Å². The number of aliphatic hydroxyl groups excluding tert-OH is 2. The summed E-state index contributed by atoms with van der Waals surface area (Å²) in [7, 11) is -3.54. The van der Waals surface area contributed by atoms with Crippen molar-refractivity contribution >= 4 is 10.0 Å². The summed E-state index contributed by atoms with van der Waals surface area (Å²) in [5.41, 5.74) is 0.553. The van der Waals surface area contributed by atoms with E-state index in [2.05, 4.69) is 11.8 Å². The van der Waals surface area contributed by atoms with Crippen LogP contribution in [0.15, 0.2) is 29.2 Å². The fourth-order valence-corrected chi connectivity index (χ4v) is 3.62. The van der Waals surface area contributed by atoms with Crippen molar-refractivity contribution < 1.29 is 18.6 Å². The Morgan fingerprint density at radius 3 is 2.65 bits per heavy atom. The maximum atomic E-state index is 12.5. The number of hydrogen-bond donors (Lipinski definition) is 2. The van der Waals surface area contributed by atoms with E-state index in [0.29, 0.717) is 31.5 Å². The predicted molar refractivity (Wildman–Crippen MR) is 74.4 cm³/mol. The molecular weight excluding hydrogens is 278 g/mol. The van der Waals surface area contributed by atoms with Crippen molar-refractivity contribution in [3.63, 3.8) is 0 Å². The molecule has 0 bridgehead atoms. The molecule has 1 heterocycles. The molecule has 0 saturated carbocycles. The SMILES string of the molecule is O=S(=O)(c1cccc(C#CCO)c1)N1CCC(O)CC1. The standard InChI is InChI=1S/C14H17NO4S/c16-10-2-4-12-3-1-5-14(11-12)20(18,19)15-8-6-13(17)7-9-15/h1,3,5,11,13,16-17H,6-10H2. The maximum absolute atomic E-state index is 12.5. The van der Waals surface area contributed by atoms with E-state index in [9.17, 15) is 13.5 Å². The number of nitrogens with zero attached hydrogens (tertiary/aromatic N) is 1. The molecule has 108 valence electrons. The molecule has 0 aliphatic carbocycles. The Labute approximate surface area is 118 Å². The van der Waals surface area contributed by atoms with E-state index in [1.807, 2.05) is 0 Å². The Balaban J connectivity index is 2.25. The Morgan fingerprint density at radius 1 is 1.30 bits per heavy atom. The molecule has 1 aromatic rings. The van der Waals surface area contributed by atoms with E-state index in [1.165, 1.54) is 16.4 Å². The van der Waals surface area contributed by atoms with Gasteiger partial charge in [0.15, 0.2) is 0 Å². The molecule has 2 N–H and O–H groups in total. The van der Waals surface area contributed by atoms with Crippen molar-refractivity contribution in [3.8, 4) is 11.8 Å². The van der Waals surface area contributed by atoms with Crippen molar-refractivity contribution in [2.24, 2.45) is 0 Å². The Morgan fingerprint density at radius 2 is 2.00 bits per heavy atom. The van der Waals surface area contributed by atoms with Crippen LogP contribution in [0.2, 0.25) is 0 Å². The quantitative estimate of drug-likeness (QED) is 0.763. The van der Waals surface area contributed by atoms with Gasteiger partial charge < -0.3 is 10.2 Å². The largest absolute Gasteiger partial charge is 0.393 e. The number of piperidine rings is 1. The van der Waals surface area contributed by atoms with Gasteiger partial charge in [-0.3, -0.25) is 0 Å². The van der Waals surface area contributed by atoms with Gasteiger partial charge in [0.25, 0.3) is 0 Å². The zero-order chi connectivity index (χ0) is 14.6. The first-order valence-electron chi connectivity index (χ1n) is 6.42. The van der Waals surface area contributed by atoms with E-state index in [-0.39, 0.29) is 11.5 Å². The minimum Gasteiger partial charge on any atom is -0.393 e. The highest BCUT2D eigenvalue weighted by Gasteiger charge is 2.28. The second-order valence-electron chi connectivity index (χ2n) is 4.62. The second-order valence-corrected chi connectivity index (χ2v) is 6.56. The first-order valence-corrected chi connectivity index (χ1v) is 7.86. The van der Waals surface area contributed by atoms with E-state index in [1.54, 1.807) is 12.1 Å². The maximum Gasteiger partial charge on any atom is 0.243 e. The van der Waals surface area contributed by atoms with Crippen LogP contribution in [-0.4, -0.2) is 48.7 Å². The van der Waals surface area contributed by atoms with Crippen LogP contribution in [0.5, 0.6) is 0 Å². The molecule has 1 fully saturated rings. The monoisotopic (exact) mass is 295 g/mol. The molecule has 1 aliphatic heterocycles. The lowest BCUT2D eigenvalue weighted by Gasteiger charge is -2.28. The summed E-state index contributed by atoms with van der Waals surface area (Å²) in [4.78, 5) is 0.193. The highest BCUT2D eigenvalue weighted by Crippen LogP contribution is 2.21. The van der Waals surface area contributed by atoms with Crippen LogP contribution >= 0.6 is 0 Å². The highest BCUT2D eigenvalue weighted by atomic mass is 32.2. The summed E-state index contributed by atoms with van der Waals surface area (Å²) in [5.74, 6) is 5.19. The fourth-order valence-electron chi connectivity index (χ4n) is 2.11. The van der Waals surface area contributed by atoms with E-state index in [0.717, 1.165) is 0 Å². The average molecular weight is 295 g/mol. The summed E-state index contributed by atoms with van der Waals surface area (Å²) in [6.07, 6.45) is 0.509. The number of rotatable bonds is 2. The van der Waals surface area contributed by atoms with Gasteiger partial charge in [0.1, 0.15) is 6.61 Å². The molecule has 0 aromatic heterocycles. The molecule has 0 radical (unpaired) electrons. The number of sulfonamides is 1. The van der Waals surface area contributed by atoms with Gasteiger partial charge in [0.05, 0.1) is 11.0 Å². The molecule has 1 aromatic carbocycles. The number of benzene rings is 1. The summed E-state index contributed by atoms with van der Waals surface area (Å²) in [6, 6.07) is 6.36. The van der Waals surface area contributed by atoms with Crippen molar-refractivity contribution in [1.29, 1.82) is 0 Å². The Bertz CT molecular complexity index is 622. The zero-order valence-electron chi connectivity index (χ0n) is 11.0. The molecule has 0 atom stereocenters. The third kappa shape index (κ3) is 3.38. The first-order chi connectivity index (χ1) is 9.54. The summed E-state index contributed by atoms with van der Waals surface area (Å²) in [5, 5.41) is 18.1. The Kier molecular flexibility index (Phi) is 4.78. The summed E-state index contributed by atoms with van der Waals surface area (Å²) >= 11 is 0. The smallest absolute Gasteiger partial charge is 0.243 e. The van der Waals surface area contributed by atoms with Crippen molar-refractivity contribution in [1.82, 2.24) is 4.31 Å². The van der Waals surface area contributed by atoms with Crippen LogP contribution < -0.4 is 0 Å². The average Bonchev–Trinajstić information content (AvgIpc) is 2.46. The van der Waals surface area contributed by atoms with Crippen LogP contribution in [0.1, 0.15) is 18.4 Å². The fraction of sp³-hybridized carbons (Fsp3) is 0.429. The molecule has 2 rings (SSSR count). The predicted octanol–water partition coefficient (Wildman–Crippen LogP) is 0.176. The third-order valence-electron chi connectivity index (χ3n) is 3.21. The van der Waals surface area contributed by atoms with E-state index in [4.69, 9.17) is 5.11 Å². The molecule has 1 saturated heterocycles. The van der Waals surface area contributed by atoms with Gasteiger partial charge in [0, 0.05) is 18.7 Å². The number of hydrogen-bond acceptors (Lipinski definition) is 4. The van der Waals surface area contributed by atoms with Gasteiger partial charge in [-0.2, -0.15) is 4.31 Å². The van der Waals surface area contributed by atoms with Crippen LogP contribution in [0, 0.1) is 11.8 Å². The van der Waals surface area contributed by atoms with Crippen LogP contribution in [-0.2, 0) is 10.0 Å². The molecule has 20 heavy (non-hydrogen) atoms. The van der Waals surface area contributed by atoms with Gasteiger partial charge in [-0.15, -0.1) is 0 Å². The van der Waals surface area contributed by atoms with Crippen LogP contribution in [0.3, 0.4) is 0 Å². The summed E-state index contributed by atoms with van der Waals surface area (Å²) in [6.45, 7) is 0.396. The van der Waals surface area contributed by atoms with Gasteiger partial charge in [-0.25, -0.2) is 8.42 Å². The number of aliphatic hydroxyl groups is 2. The lowest BCUT2D eigenvalue weighted by atomic mass is 10.1. The third-order valence-corrected chi connectivity index (χ3v) is 5.10. The topological polar surface area (TPSA) is 77.8 Å². The highest BCUT2D eigenvalue weighted by molar-refractivity contribution is 7.89. The molecule has 1 aliphatic rings. The van der Waals surface area contributed by atoms with Crippen LogP contribution in [0.4, 0.5) is 0 Å². The van der Waals surface area contributed by atoms with E-state index < -0.39 is 16.1 Å². The molecule has 0 unspecified atom stereocenters. The van der Waals surface area contributed by atoms with Crippen LogP contribution in [0.25, 0.3) is 0 Å². The van der Waals surface area contributed by atoms with E-state index >= 15 is 0 Å². The molecule has 6 heteroatoms. The summed E-state index contributed by atoms with van der Waals surface area (Å²) < 4.78 is 26.3. The van der Waals surface area contributed by atoms with Gasteiger partial charge in [0.2, 0.25) is 10.0 Å². The zero-order valence-corrected chi connectivity index (χ0v) is 11.8. The first kappa shape index (κ1) is 15.0. The Hall–Kier alpha value is -1.39. The normalized spacial score (nSPS) is 17.5. The molecule has 5 nitrogen and oxygen atoms in total. The lowest BCUT2D eigenvalue weighted by Crippen LogP contribution is -2.39. The lowest BCUT2D eigenvalue weighted by molar-refractivity contribution is 0.113. The van der Waals surface area contributed by atoms with Crippen molar-refractivity contribution in [2.75, 3.05) is 19.7 Å².